The van der Waals surface area contributed by atoms with E-state index in [1.807, 2.05) is 23.0 Å². The first kappa shape index (κ1) is 10.4. The molecule has 0 spiro atoms. The molecule has 2 heterocycles. The molecule has 2 nitrogen and oxygen atoms in total. The fraction of sp³-hybridized carbons (Fsp3) is 0.417. The molecular formula is C12H15NOS. The Hall–Kier alpha value is -1.09. The van der Waals surface area contributed by atoms with Gasteiger partial charge in [0.1, 0.15) is 0 Å². The number of allylic oxidation sites excluding steroid dienone is 1. The Bertz CT molecular complexity index is 337. The van der Waals surface area contributed by atoms with Crippen LogP contribution in [0.25, 0.3) is 0 Å². The van der Waals surface area contributed by atoms with Gasteiger partial charge in [0.25, 0.3) is 0 Å². The van der Waals surface area contributed by atoms with Gasteiger partial charge in [0.15, 0.2) is 5.78 Å². The van der Waals surface area contributed by atoms with Crippen LogP contribution in [0.1, 0.15) is 29.6 Å². The summed E-state index contributed by atoms with van der Waals surface area (Å²) in [6, 6.07) is 1.87. The molecule has 0 radical (unpaired) electrons. The number of hydrogen-bond acceptors (Lipinski definition) is 3. The molecule has 1 fully saturated rings. The van der Waals surface area contributed by atoms with Crippen LogP contribution in [0, 0.1) is 0 Å². The van der Waals surface area contributed by atoms with Gasteiger partial charge in [0, 0.05) is 36.3 Å². The van der Waals surface area contributed by atoms with Crippen molar-refractivity contribution in [3.63, 3.8) is 0 Å². The van der Waals surface area contributed by atoms with Crippen LogP contribution in [0.5, 0.6) is 0 Å². The Morgan fingerprint density at radius 2 is 2.13 bits per heavy atom. The van der Waals surface area contributed by atoms with E-state index in [0.717, 1.165) is 18.7 Å². The molecule has 0 N–H and O–H groups in total. The van der Waals surface area contributed by atoms with E-state index in [9.17, 15) is 4.79 Å². The average molecular weight is 221 g/mol. The molecule has 0 aliphatic carbocycles. The van der Waals surface area contributed by atoms with Crippen LogP contribution in [-0.4, -0.2) is 23.8 Å². The summed E-state index contributed by atoms with van der Waals surface area (Å²) in [6.45, 7) is 2.18. The van der Waals surface area contributed by atoms with Gasteiger partial charge < -0.3 is 4.90 Å². The largest absolute Gasteiger partial charge is 0.377 e. The molecule has 0 unspecified atom stereocenters. The molecule has 2 rings (SSSR count). The molecule has 3 heteroatoms. The molecule has 1 aliphatic rings. The quantitative estimate of drug-likeness (QED) is 0.578. The first-order chi connectivity index (χ1) is 7.36. The summed E-state index contributed by atoms with van der Waals surface area (Å²) < 4.78 is 0. The number of nitrogens with zero attached hydrogens (tertiary/aromatic N) is 1. The fourth-order valence-electron chi connectivity index (χ4n) is 1.74. The lowest BCUT2D eigenvalue weighted by Crippen LogP contribution is -2.24. The van der Waals surface area contributed by atoms with Crippen molar-refractivity contribution in [3.05, 3.63) is 34.7 Å². The lowest BCUT2D eigenvalue weighted by Gasteiger charge is -2.24. The Morgan fingerprint density at radius 1 is 1.33 bits per heavy atom. The molecule has 0 aromatic carbocycles. The van der Waals surface area contributed by atoms with Crippen LogP contribution < -0.4 is 0 Å². The van der Waals surface area contributed by atoms with Crippen molar-refractivity contribution in [2.45, 2.75) is 19.3 Å². The van der Waals surface area contributed by atoms with E-state index in [2.05, 4.69) is 4.90 Å². The molecule has 80 valence electrons. The predicted molar refractivity (Wildman–Crippen MR) is 63.2 cm³/mol. The molecule has 1 aromatic rings. The second-order valence-corrected chi connectivity index (χ2v) is 4.57. The van der Waals surface area contributed by atoms with E-state index < -0.39 is 0 Å². The van der Waals surface area contributed by atoms with Gasteiger partial charge in [-0.2, -0.15) is 11.3 Å². The molecule has 15 heavy (non-hydrogen) atoms. The third kappa shape index (κ3) is 2.93. The highest BCUT2D eigenvalue weighted by atomic mass is 32.1. The number of carbonyl (C=O) groups excluding carboxylic acids is 1. The zero-order valence-corrected chi connectivity index (χ0v) is 9.50. The molecule has 1 saturated heterocycles. The summed E-state index contributed by atoms with van der Waals surface area (Å²) in [6.07, 6.45) is 7.45. The maximum Gasteiger partial charge on any atom is 0.188 e. The Kier molecular flexibility index (Phi) is 3.56. The standard InChI is InChI=1S/C12H15NOS/c14-12(11-5-9-15-10-11)4-8-13-6-2-1-3-7-13/h4-5,8-10H,1-3,6-7H2/b8-4-. The highest BCUT2D eigenvalue weighted by molar-refractivity contribution is 7.08. The van der Waals surface area contributed by atoms with Crippen molar-refractivity contribution in [3.8, 4) is 0 Å². The second-order valence-electron chi connectivity index (χ2n) is 3.79. The van der Waals surface area contributed by atoms with Crippen molar-refractivity contribution in [2.24, 2.45) is 0 Å². The van der Waals surface area contributed by atoms with E-state index in [1.54, 1.807) is 17.4 Å². The topological polar surface area (TPSA) is 20.3 Å². The van der Waals surface area contributed by atoms with Gasteiger partial charge in [-0.3, -0.25) is 4.79 Å². The first-order valence-corrected chi connectivity index (χ1v) is 6.29. The van der Waals surface area contributed by atoms with Crippen molar-refractivity contribution >= 4 is 17.1 Å². The van der Waals surface area contributed by atoms with Gasteiger partial charge in [-0.05, 0) is 30.7 Å². The number of ketones is 1. The van der Waals surface area contributed by atoms with Crippen LogP contribution in [0.3, 0.4) is 0 Å². The second kappa shape index (κ2) is 5.12. The van der Waals surface area contributed by atoms with Crippen LogP contribution >= 0.6 is 11.3 Å². The van der Waals surface area contributed by atoms with Crippen molar-refractivity contribution in [1.82, 2.24) is 4.90 Å². The molecule has 0 saturated carbocycles. The highest BCUT2D eigenvalue weighted by Crippen LogP contribution is 2.10. The summed E-state index contributed by atoms with van der Waals surface area (Å²) in [5.74, 6) is 0.113. The van der Waals surface area contributed by atoms with Crippen molar-refractivity contribution < 1.29 is 4.79 Å². The molecule has 0 bridgehead atoms. The van der Waals surface area contributed by atoms with Crippen molar-refractivity contribution in [1.29, 1.82) is 0 Å². The predicted octanol–water partition coefficient (Wildman–Crippen LogP) is 2.93. The maximum absolute atomic E-state index is 11.6. The summed E-state index contributed by atoms with van der Waals surface area (Å²) >= 11 is 1.56. The van der Waals surface area contributed by atoms with Crippen LogP contribution in [-0.2, 0) is 0 Å². The third-order valence-corrected chi connectivity index (χ3v) is 3.32. The number of thiophene rings is 1. The normalized spacial score (nSPS) is 17.2. The number of likely N-dealkylation sites (tertiary alicyclic amines) is 1. The van der Waals surface area contributed by atoms with Gasteiger partial charge in [0.2, 0.25) is 0 Å². The monoisotopic (exact) mass is 221 g/mol. The highest BCUT2D eigenvalue weighted by Gasteiger charge is 2.06. The smallest absolute Gasteiger partial charge is 0.188 e. The van der Waals surface area contributed by atoms with Gasteiger partial charge in [-0.25, -0.2) is 0 Å². The first-order valence-electron chi connectivity index (χ1n) is 5.35. The molecular weight excluding hydrogens is 206 g/mol. The van der Waals surface area contributed by atoms with E-state index in [1.165, 1.54) is 19.3 Å². The van der Waals surface area contributed by atoms with E-state index in [0.29, 0.717) is 0 Å². The molecule has 0 amide bonds. The number of rotatable bonds is 3. The molecule has 1 aromatic heterocycles. The fourth-order valence-corrected chi connectivity index (χ4v) is 2.39. The SMILES string of the molecule is O=C(/C=C\N1CCCCC1)c1ccsc1. The van der Waals surface area contributed by atoms with E-state index >= 15 is 0 Å². The van der Waals surface area contributed by atoms with Gasteiger partial charge in [-0.1, -0.05) is 0 Å². The minimum Gasteiger partial charge on any atom is -0.377 e. The zero-order chi connectivity index (χ0) is 10.5. The summed E-state index contributed by atoms with van der Waals surface area (Å²) in [5, 5.41) is 3.82. The third-order valence-electron chi connectivity index (χ3n) is 2.63. The Balaban J connectivity index is 1.90. The number of piperidine rings is 1. The summed E-state index contributed by atoms with van der Waals surface area (Å²) in [4.78, 5) is 13.9. The Labute approximate surface area is 94.2 Å². The molecule has 1 aliphatic heterocycles. The number of carbonyl (C=O) groups is 1. The zero-order valence-electron chi connectivity index (χ0n) is 8.69. The van der Waals surface area contributed by atoms with Crippen LogP contribution in [0.4, 0.5) is 0 Å². The van der Waals surface area contributed by atoms with Gasteiger partial charge in [0.05, 0.1) is 0 Å². The van der Waals surface area contributed by atoms with E-state index in [-0.39, 0.29) is 5.78 Å². The lowest BCUT2D eigenvalue weighted by molar-refractivity contribution is 0.104. The maximum atomic E-state index is 11.6. The van der Waals surface area contributed by atoms with Gasteiger partial charge >= 0.3 is 0 Å². The minimum absolute atomic E-state index is 0.113. The van der Waals surface area contributed by atoms with Crippen LogP contribution in [0.2, 0.25) is 0 Å². The number of hydrogen-bond donors (Lipinski definition) is 0. The van der Waals surface area contributed by atoms with Crippen molar-refractivity contribution in [2.75, 3.05) is 13.1 Å². The average Bonchev–Trinajstić information content (AvgIpc) is 2.81. The van der Waals surface area contributed by atoms with Gasteiger partial charge in [-0.15, -0.1) is 0 Å². The molecule has 0 atom stereocenters. The van der Waals surface area contributed by atoms with E-state index in [4.69, 9.17) is 0 Å². The summed E-state index contributed by atoms with van der Waals surface area (Å²) in [7, 11) is 0. The lowest BCUT2D eigenvalue weighted by atomic mass is 10.1. The Morgan fingerprint density at radius 3 is 2.80 bits per heavy atom. The summed E-state index contributed by atoms with van der Waals surface area (Å²) in [5.41, 5.74) is 0.799. The minimum atomic E-state index is 0.113. The van der Waals surface area contributed by atoms with Crippen LogP contribution in [0.15, 0.2) is 29.1 Å².